The Morgan fingerprint density at radius 2 is 1.93 bits per heavy atom. The van der Waals surface area contributed by atoms with Gasteiger partial charge in [0.15, 0.2) is 0 Å². The molecule has 0 saturated carbocycles. The van der Waals surface area contributed by atoms with Gasteiger partial charge in [0.2, 0.25) is 0 Å². The maximum atomic E-state index is 8.66. The number of aliphatic hydroxyl groups excluding tert-OH is 1. The van der Waals surface area contributed by atoms with Crippen LogP contribution in [-0.2, 0) is 9.47 Å². The largest absolute Gasteiger partial charge is 0.392 e. The van der Waals surface area contributed by atoms with Crippen molar-refractivity contribution in [2.75, 3.05) is 27.1 Å². The van der Waals surface area contributed by atoms with E-state index in [0.29, 0.717) is 13.4 Å². The summed E-state index contributed by atoms with van der Waals surface area (Å²) in [5, 5.41) is 8.66. The molecule has 0 amide bonds. The summed E-state index contributed by atoms with van der Waals surface area (Å²) in [7, 11) is 1.61. The fourth-order valence-corrected chi connectivity index (χ4v) is 1.15. The van der Waals surface area contributed by atoms with Crippen molar-refractivity contribution in [1.29, 1.82) is 0 Å². The van der Waals surface area contributed by atoms with Gasteiger partial charge in [0.25, 0.3) is 0 Å². The van der Waals surface area contributed by atoms with Gasteiger partial charge in [-0.25, -0.2) is 0 Å². The van der Waals surface area contributed by atoms with Gasteiger partial charge in [-0.15, -0.1) is 0 Å². The van der Waals surface area contributed by atoms with Gasteiger partial charge in [-0.05, 0) is 26.7 Å². The maximum Gasteiger partial charge on any atom is 0.146 e. The fraction of sp³-hybridized carbons (Fsp3) is 0.667. The van der Waals surface area contributed by atoms with Gasteiger partial charge in [0.05, 0.1) is 13.2 Å². The van der Waals surface area contributed by atoms with E-state index >= 15 is 0 Å². The quantitative estimate of drug-likeness (QED) is 0.383. The first-order chi connectivity index (χ1) is 7.20. The van der Waals surface area contributed by atoms with Crippen LogP contribution in [0.2, 0.25) is 0 Å². The molecule has 0 fully saturated rings. The van der Waals surface area contributed by atoms with E-state index in [-0.39, 0.29) is 6.61 Å². The molecule has 0 aliphatic heterocycles. The summed E-state index contributed by atoms with van der Waals surface area (Å²) in [6.07, 6.45) is 5.97. The predicted octanol–water partition coefficient (Wildman–Crippen LogP) is 2.27. The van der Waals surface area contributed by atoms with Gasteiger partial charge >= 0.3 is 0 Å². The Morgan fingerprint density at radius 3 is 2.53 bits per heavy atom. The molecule has 0 spiro atoms. The minimum atomic E-state index is 0.130. The van der Waals surface area contributed by atoms with Gasteiger partial charge in [-0.3, -0.25) is 0 Å². The molecule has 0 saturated heterocycles. The first-order valence-corrected chi connectivity index (χ1v) is 5.19. The van der Waals surface area contributed by atoms with E-state index in [1.54, 1.807) is 7.11 Å². The van der Waals surface area contributed by atoms with Gasteiger partial charge < -0.3 is 14.6 Å². The van der Waals surface area contributed by atoms with Crippen molar-refractivity contribution in [2.24, 2.45) is 0 Å². The minimum Gasteiger partial charge on any atom is -0.392 e. The summed E-state index contributed by atoms with van der Waals surface area (Å²) in [4.78, 5) is 0. The topological polar surface area (TPSA) is 38.7 Å². The third-order valence-corrected chi connectivity index (χ3v) is 2.00. The Kier molecular flexibility index (Phi) is 9.48. The first kappa shape index (κ1) is 14.4. The maximum absolute atomic E-state index is 8.66. The second-order valence-electron chi connectivity index (χ2n) is 3.58. The third-order valence-electron chi connectivity index (χ3n) is 2.00. The lowest BCUT2D eigenvalue weighted by Crippen LogP contribution is -1.99. The molecule has 0 bridgehead atoms. The highest BCUT2D eigenvalue weighted by molar-refractivity contribution is 5.03. The summed E-state index contributed by atoms with van der Waals surface area (Å²) in [5.41, 5.74) is 2.43. The molecular formula is C12H22O3. The summed E-state index contributed by atoms with van der Waals surface area (Å²) in [6.45, 7) is 5.16. The van der Waals surface area contributed by atoms with E-state index in [9.17, 15) is 0 Å². The van der Waals surface area contributed by atoms with E-state index in [4.69, 9.17) is 14.6 Å². The molecule has 15 heavy (non-hydrogen) atoms. The molecule has 0 rings (SSSR count). The Balaban J connectivity index is 3.62. The van der Waals surface area contributed by atoms with Crippen LogP contribution in [0.1, 0.15) is 26.7 Å². The van der Waals surface area contributed by atoms with Crippen LogP contribution in [0.25, 0.3) is 0 Å². The zero-order chi connectivity index (χ0) is 11.5. The summed E-state index contributed by atoms with van der Waals surface area (Å²) in [5.74, 6) is 0. The number of ether oxygens (including phenoxy) is 2. The van der Waals surface area contributed by atoms with Crippen LogP contribution in [0, 0.1) is 0 Å². The van der Waals surface area contributed by atoms with Crippen LogP contribution >= 0.6 is 0 Å². The van der Waals surface area contributed by atoms with Crippen LogP contribution < -0.4 is 0 Å². The molecule has 1 N–H and O–H groups in total. The Hall–Kier alpha value is -0.640. The minimum absolute atomic E-state index is 0.130. The van der Waals surface area contributed by atoms with Crippen molar-refractivity contribution >= 4 is 0 Å². The van der Waals surface area contributed by atoms with Gasteiger partial charge in [-0.2, -0.15) is 0 Å². The number of aliphatic hydroxyl groups is 1. The smallest absolute Gasteiger partial charge is 0.146 e. The summed E-state index contributed by atoms with van der Waals surface area (Å²) >= 11 is 0. The zero-order valence-electron chi connectivity index (χ0n) is 9.95. The SMILES string of the molecule is COCOC/C(C)=C/CC/C(C)=C/CO. The van der Waals surface area contributed by atoms with Crippen molar-refractivity contribution in [3.05, 3.63) is 23.3 Å². The average molecular weight is 214 g/mol. The zero-order valence-corrected chi connectivity index (χ0v) is 9.95. The van der Waals surface area contributed by atoms with Crippen molar-refractivity contribution in [3.8, 4) is 0 Å². The highest BCUT2D eigenvalue weighted by Gasteiger charge is 1.91. The Bertz CT molecular complexity index is 207. The highest BCUT2D eigenvalue weighted by Crippen LogP contribution is 2.06. The standard InChI is InChI=1S/C12H22O3/c1-11(7-8-13)5-4-6-12(2)9-15-10-14-3/h6-7,13H,4-5,8-10H2,1-3H3/b11-7+,12-6+. The molecule has 0 unspecified atom stereocenters. The van der Waals surface area contributed by atoms with Crippen LogP contribution in [-0.4, -0.2) is 32.2 Å². The number of hydrogen-bond donors (Lipinski definition) is 1. The van der Waals surface area contributed by atoms with Crippen LogP contribution in [0.5, 0.6) is 0 Å². The Labute approximate surface area is 92.4 Å². The first-order valence-electron chi connectivity index (χ1n) is 5.19. The van der Waals surface area contributed by atoms with Gasteiger partial charge in [0, 0.05) is 7.11 Å². The van der Waals surface area contributed by atoms with Crippen molar-refractivity contribution in [1.82, 2.24) is 0 Å². The van der Waals surface area contributed by atoms with Crippen LogP contribution in [0.15, 0.2) is 23.3 Å². The highest BCUT2D eigenvalue weighted by atomic mass is 16.7. The molecule has 0 atom stereocenters. The van der Waals surface area contributed by atoms with Crippen molar-refractivity contribution < 1.29 is 14.6 Å². The third kappa shape index (κ3) is 9.66. The Morgan fingerprint density at radius 1 is 1.20 bits per heavy atom. The lowest BCUT2D eigenvalue weighted by Gasteiger charge is -2.03. The molecule has 88 valence electrons. The van der Waals surface area contributed by atoms with E-state index in [0.717, 1.165) is 12.8 Å². The van der Waals surface area contributed by atoms with Gasteiger partial charge in [-0.1, -0.05) is 23.3 Å². The second-order valence-corrected chi connectivity index (χ2v) is 3.58. The molecule has 3 heteroatoms. The predicted molar refractivity (Wildman–Crippen MR) is 61.7 cm³/mol. The van der Waals surface area contributed by atoms with Crippen LogP contribution in [0.3, 0.4) is 0 Å². The molecule has 0 aromatic heterocycles. The molecule has 0 radical (unpaired) electrons. The molecule has 0 aromatic rings. The number of hydrogen-bond acceptors (Lipinski definition) is 3. The number of methoxy groups -OCH3 is 1. The fourth-order valence-electron chi connectivity index (χ4n) is 1.15. The molecule has 0 heterocycles. The number of allylic oxidation sites excluding steroid dienone is 2. The monoisotopic (exact) mass is 214 g/mol. The summed E-state index contributed by atoms with van der Waals surface area (Å²) < 4.78 is 9.99. The van der Waals surface area contributed by atoms with Crippen molar-refractivity contribution in [2.45, 2.75) is 26.7 Å². The lowest BCUT2D eigenvalue weighted by atomic mass is 10.1. The normalized spacial score (nSPS) is 13.3. The van der Waals surface area contributed by atoms with E-state index < -0.39 is 0 Å². The van der Waals surface area contributed by atoms with Crippen LogP contribution in [0.4, 0.5) is 0 Å². The molecule has 0 aliphatic rings. The van der Waals surface area contributed by atoms with E-state index in [1.807, 2.05) is 19.9 Å². The molecule has 0 aliphatic carbocycles. The average Bonchev–Trinajstić information content (AvgIpc) is 2.18. The van der Waals surface area contributed by atoms with Gasteiger partial charge in [0.1, 0.15) is 6.79 Å². The molecule has 0 aromatic carbocycles. The van der Waals surface area contributed by atoms with Crippen molar-refractivity contribution in [3.63, 3.8) is 0 Å². The molecule has 3 nitrogen and oxygen atoms in total. The second kappa shape index (κ2) is 9.90. The summed E-state index contributed by atoms with van der Waals surface area (Å²) in [6, 6.07) is 0. The molecular weight excluding hydrogens is 192 g/mol. The number of rotatable bonds is 8. The van der Waals surface area contributed by atoms with E-state index in [1.165, 1.54) is 11.1 Å². The van der Waals surface area contributed by atoms with E-state index in [2.05, 4.69) is 6.08 Å². The lowest BCUT2D eigenvalue weighted by molar-refractivity contribution is -0.0211.